The Morgan fingerprint density at radius 3 is 1.38 bits per heavy atom. The number of nitrogens with one attached hydrogen (secondary N) is 2. The molecule has 0 spiro atoms. The fourth-order valence-corrected chi connectivity index (χ4v) is 16.4. The van der Waals surface area contributed by atoms with E-state index in [0.717, 1.165) is 97.2 Å². The number of nitro groups is 4. The molecule has 580 valence electrons. The van der Waals surface area contributed by atoms with Crippen molar-refractivity contribution in [1.29, 1.82) is 0 Å². The summed E-state index contributed by atoms with van der Waals surface area (Å²) >= 11 is 9.46. The van der Waals surface area contributed by atoms with E-state index in [9.17, 15) is 64.4 Å². The Balaban J connectivity index is 0.000000145. The number of thiazole rings is 3. The van der Waals surface area contributed by atoms with Gasteiger partial charge >= 0.3 is 5.97 Å². The number of para-hydroxylation sites is 4. The minimum absolute atomic E-state index is 0.0121. The highest BCUT2D eigenvalue weighted by Crippen LogP contribution is 2.46. The topological polar surface area (TPSA) is 429 Å². The summed E-state index contributed by atoms with van der Waals surface area (Å²) in [7, 11) is 1.91. The first-order chi connectivity index (χ1) is 55.2. The molecule has 0 fully saturated rings. The van der Waals surface area contributed by atoms with E-state index in [1.54, 1.807) is 103 Å². The number of carbonyl (C=O) groups is 5. The Morgan fingerprint density at radius 1 is 0.496 bits per heavy atom. The summed E-state index contributed by atoms with van der Waals surface area (Å²) in [4.78, 5) is 126. The Morgan fingerprint density at radius 2 is 0.913 bits per heavy atom. The molecule has 2 aliphatic rings. The van der Waals surface area contributed by atoms with Gasteiger partial charge in [-0.1, -0.05) is 72.8 Å². The van der Waals surface area contributed by atoms with Crippen molar-refractivity contribution >= 4 is 166 Å². The van der Waals surface area contributed by atoms with Crippen LogP contribution < -0.4 is 42.5 Å². The molecule has 16 rings (SSSR count). The molecule has 14 aromatic rings. The molecule has 9 N–H and O–H groups in total. The lowest BCUT2D eigenvalue weighted by Gasteiger charge is -2.43. The molecule has 0 radical (unpaired) electrons. The lowest BCUT2D eigenvalue weighted by atomic mass is 10.0. The van der Waals surface area contributed by atoms with Crippen molar-refractivity contribution in [2.75, 3.05) is 49.6 Å². The first-order valence-electron chi connectivity index (χ1n) is 34.1. The lowest BCUT2D eigenvalue weighted by Crippen LogP contribution is -2.48. The van der Waals surface area contributed by atoms with Gasteiger partial charge in [0.1, 0.15) is 12.3 Å². The largest absolute Gasteiger partial charge is 0.478 e. The molecule has 2 aliphatic heterocycles. The first-order valence-corrected chi connectivity index (χ1v) is 39.2. The molecule has 115 heavy (non-hydrogen) atoms. The molecule has 0 aliphatic carbocycles. The van der Waals surface area contributed by atoms with E-state index in [2.05, 4.69) is 25.6 Å². The van der Waals surface area contributed by atoms with Gasteiger partial charge in [-0.15, -0.1) is 68.0 Å². The zero-order chi connectivity index (χ0) is 82.1. The number of nitrogen functional groups attached to an aromatic ring is 3. The number of non-ortho nitro benzene ring substituents is 4. The van der Waals surface area contributed by atoms with E-state index in [-0.39, 0.29) is 62.6 Å². The van der Waals surface area contributed by atoms with E-state index in [1.807, 2.05) is 182 Å². The fraction of sp³-hybridized carbons (Fsp3) is 0.0750. The van der Waals surface area contributed by atoms with Gasteiger partial charge in [0.25, 0.3) is 40.5 Å². The minimum Gasteiger partial charge on any atom is -0.478 e. The molecule has 0 bridgehead atoms. The molecular weight excluding hydrogens is 1590 g/mol. The highest BCUT2D eigenvalue weighted by molar-refractivity contribution is 7.18. The number of fused-ring (bicyclic) bond motifs is 2. The highest BCUT2D eigenvalue weighted by atomic mass is 32.1. The number of amides is 3. The molecule has 29 nitrogen and oxygen atoms in total. The number of carbonyl (C=O) groups excluding carboxylic acids is 4. The van der Waals surface area contributed by atoms with E-state index >= 15 is 0 Å². The van der Waals surface area contributed by atoms with Crippen molar-refractivity contribution in [3.8, 4) is 31.7 Å². The van der Waals surface area contributed by atoms with Gasteiger partial charge in [0.05, 0.1) is 99.2 Å². The summed E-state index contributed by atoms with van der Waals surface area (Å²) < 4.78 is 0. The molecule has 0 saturated heterocycles. The van der Waals surface area contributed by atoms with Gasteiger partial charge in [-0.05, 0) is 130 Å². The predicted molar refractivity (Wildman–Crippen MR) is 453 cm³/mol. The monoisotopic (exact) mass is 1650 g/mol. The predicted octanol–water partition coefficient (Wildman–Crippen LogP) is 19.3. The zero-order valence-electron chi connectivity index (χ0n) is 60.8. The second kappa shape index (κ2) is 37.3. The van der Waals surface area contributed by atoms with Gasteiger partial charge in [-0.3, -0.25) is 69.4 Å². The van der Waals surface area contributed by atoms with Crippen molar-refractivity contribution in [3.63, 3.8) is 0 Å². The number of aromatic nitrogens is 3. The van der Waals surface area contributed by atoms with Crippen LogP contribution in [-0.2, 0) is 0 Å². The first kappa shape index (κ1) is 81.9. The Labute approximate surface area is 678 Å². The van der Waals surface area contributed by atoms with Crippen molar-refractivity contribution in [3.05, 3.63) is 339 Å². The van der Waals surface area contributed by atoms with Crippen LogP contribution in [0, 0.1) is 61.2 Å². The van der Waals surface area contributed by atoms with Gasteiger partial charge in [0.15, 0.2) is 6.29 Å². The van der Waals surface area contributed by atoms with Crippen molar-refractivity contribution in [2.24, 2.45) is 0 Å². The molecule has 3 amide bonds. The quantitative estimate of drug-likeness (QED) is 0.0240. The number of thiophene rings is 3. The maximum Gasteiger partial charge on any atom is 0.338 e. The summed E-state index contributed by atoms with van der Waals surface area (Å²) in [6, 6.07) is 64.6. The summed E-state index contributed by atoms with van der Waals surface area (Å²) in [6.45, 7) is 5.92. The lowest BCUT2D eigenvalue weighted by molar-refractivity contribution is -0.385. The normalized spacial score (nSPS) is 12.9. The van der Waals surface area contributed by atoms with Gasteiger partial charge in [0.2, 0.25) is 0 Å². The minimum atomic E-state index is -1.28. The van der Waals surface area contributed by atoms with Gasteiger partial charge in [-0.2, -0.15) is 0 Å². The third-order valence-corrected chi connectivity index (χ3v) is 22.5. The van der Waals surface area contributed by atoms with Crippen molar-refractivity contribution in [2.45, 2.75) is 33.1 Å². The molecule has 2 unspecified atom stereocenters. The summed E-state index contributed by atoms with van der Waals surface area (Å²) in [6.07, 6.45) is 0.0348. The molecule has 8 heterocycles. The van der Waals surface area contributed by atoms with Crippen LogP contribution in [-0.4, -0.2) is 76.8 Å². The zero-order valence-corrected chi connectivity index (χ0v) is 65.7. The number of nitrogens with zero attached hydrogens (tertiary/aromatic N) is 10. The number of carboxylic acids is 1. The number of nitrogens with two attached hydrogens (primary N) is 3. The van der Waals surface area contributed by atoms with Crippen LogP contribution in [0.1, 0.15) is 88.2 Å². The summed E-state index contributed by atoms with van der Waals surface area (Å²) in [5.74, 6) is -2.31. The van der Waals surface area contributed by atoms with E-state index in [4.69, 9.17) is 22.3 Å². The Kier molecular flexibility index (Phi) is 26.5. The smallest absolute Gasteiger partial charge is 0.338 e. The van der Waals surface area contributed by atoms with Crippen molar-refractivity contribution < 1.29 is 48.8 Å². The van der Waals surface area contributed by atoms with Gasteiger partial charge in [0, 0.05) is 121 Å². The number of aldehydes is 1. The number of carboxylic acid groups (broad SMARTS) is 1. The van der Waals surface area contributed by atoms with E-state index in [0.29, 0.717) is 28.3 Å². The van der Waals surface area contributed by atoms with Gasteiger partial charge in [-0.25, -0.2) is 19.7 Å². The van der Waals surface area contributed by atoms with Gasteiger partial charge < -0.3 is 37.8 Å². The Hall–Kier alpha value is -14.1. The third-order valence-electron chi connectivity index (χ3n) is 16.9. The average Bonchev–Trinajstić information content (AvgIpc) is 1.74. The summed E-state index contributed by atoms with van der Waals surface area (Å²) in [5.41, 5.74) is 23.2. The van der Waals surface area contributed by atoms with Crippen LogP contribution in [0.4, 0.5) is 68.2 Å². The SMILES string of the molecule is Cc1nc(-c2ccc(C3N(C)c4ccc([N+](=O)[O-])cc4C(=O)N3c3ccccc3)s2)cs1.Cc1nc(-c2ccc(C3Nc4ccc([N+](=O)[O-])cc4C(=O)N3c3ccccc3)s2)cs1.Cc1nc(-c2ccc(C=O)s2)cs1.Nc1ccc([N+](=O)[O-])cc1C(=O)Nc1ccccc1.Nc1ccc([N+](=O)[O-])cc1C(=O)O.Nc1ccccc1. The number of rotatable bonds is 15. The molecule has 2 atom stereocenters. The number of benzene rings is 8. The number of aryl methyl sites for hydroxylation is 3. The van der Waals surface area contributed by atoms with Crippen molar-refractivity contribution in [1.82, 2.24) is 15.0 Å². The third kappa shape index (κ3) is 20.2. The number of aromatic carboxylic acids is 1. The maximum atomic E-state index is 13.7. The molecule has 35 heteroatoms. The van der Waals surface area contributed by atoms with Crippen LogP contribution in [0.15, 0.2) is 247 Å². The molecule has 8 aromatic carbocycles. The van der Waals surface area contributed by atoms with Crippen LogP contribution in [0.5, 0.6) is 0 Å². The molecular formula is C80H65N15O14S6. The van der Waals surface area contributed by atoms with E-state index < -0.39 is 43.9 Å². The second-order valence-electron chi connectivity index (χ2n) is 24.6. The molecule has 0 saturated carbocycles. The maximum absolute atomic E-state index is 13.7. The van der Waals surface area contributed by atoms with Crippen LogP contribution in [0.3, 0.4) is 0 Å². The van der Waals surface area contributed by atoms with E-state index in [1.165, 1.54) is 53.8 Å². The number of hydrogen-bond acceptors (Lipinski definition) is 27. The Bertz CT molecular complexity index is 5900. The van der Waals surface area contributed by atoms with Crippen LogP contribution in [0.25, 0.3) is 31.7 Å². The van der Waals surface area contributed by atoms with Crippen LogP contribution in [0.2, 0.25) is 0 Å². The number of anilines is 8. The molecule has 6 aromatic heterocycles. The standard InChI is InChI=1S/C23H18N4O3S2.C22H16N4O3S2.C13H11N3O3.C9H7NOS2.C7H6N2O4.C6H7N/c1-14-24-18(13-31-14)20-10-11-21(32-20)22-25(2)19-9-8-16(27(29)30)12-17(19)23(28)26(22)15-6-4-3-5-7-15;1-13-23-18(12-30-13)19-9-10-20(31-19)21-24-17-8-7-15(26(28)29)11-16(17)22(27)25(21)14-5-3-2-4-6-14;14-12-7-6-10(16(18)19)8-11(12)13(17)15-9-4-2-1-3-5-9;1-6-10-8(5-12-6)9-3-2-7(4-11)13-9;8-6-2-1-4(9(12)13)3-5(6)7(10)11;7-6-4-2-1-3-5-6/h3-13,22H,1-2H3;2-12,21,24H,1H3;1-8H,14H2,(H,15,17);2-5H,1H3;1-3H,8H2,(H,10,11);1-5H,7H2. The highest BCUT2D eigenvalue weighted by Gasteiger charge is 2.40. The second-order valence-corrected chi connectivity index (χ2v) is 31.1. The number of nitro benzene ring substituents is 4. The average molecular weight is 1650 g/mol. The number of hydrogen-bond donors (Lipinski definition) is 6. The van der Waals surface area contributed by atoms with Crippen LogP contribution >= 0.6 is 68.0 Å². The summed E-state index contributed by atoms with van der Waals surface area (Å²) in [5, 5.41) is 67.2. The fourth-order valence-electron chi connectivity index (χ4n) is 11.4.